The third-order valence-corrected chi connectivity index (χ3v) is 7.74. The second kappa shape index (κ2) is 10.9. The first-order valence-corrected chi connectivity index (χ1v) is 13.6. The van der Waals surface area contributed by atoms with Crippen molar-refractivity contribution < 1.29 is 41.8 Å². The molecule has 0 saturated carbocycles. The van der Waals surface area contributed by atoms with Crippen LogP contribution in [0.1, 0.15) is 15.4 Å². The summed E-state index contributed by atoms with van der Waals surface area (Å²) in [5, 5.41) is 14.7. The highest BCUT2D eigenvalue weighted by Gasteiger charge is 2.38. The quantitative estimate of drug-likeness (QED) is 0.113. The van der Waals surface area contributed by atoms with Gasteiger partial charge in [-0.25, -0.2) is 4.98 Å². The highest BCUT2D eigenvalue weighted by atomic mass is 32.1. The number of nitrogen functional groups attached to an aromatic ring is 2. The minimum Gasteiger partial charge on any atom is -0.497 e. The van der Waals surface area contributed by atoms with Gasteiger partial charge in [0.1, 0.15) is 21.2 Å². The van der Waals surface area contributed by atoms with Gasteiger partial charge in [-0.05, 0) is 53.6 Å². The normalized spacial score (nSPS) is 11.5. The number of rotatable bonds is 7. The topological polar surface area (TPSA) is 151 Å². The molecular formula is C30H21F3N5O5S+. The predicted molar refractivity (Wildman–Crippen MR) is 156 cm³/mol. The first-order valence-electron chi connectivity index (χ1n) is 12.8. The maximum Gasteiger partial charge on any atom is 0.573 e. The molecule has 0 bridgehead atoms. The van der Waals surface area contributed by atoms with Crippen molar-refractivity contribution in [2.45, 2.75) is 6.36 Å². The maximum absolute atomic E-state index is 13.9. The van der Waals surface area contributed by atoms with E-state index in [4.69, 9.17) is 25.7 Å². The van der Waals surface area contributed by atoms with Crippen molar-refractivity contribution in [2.24, 2.45) is 0 Å². The number of nitrogens with zero attached hydrogens (tertiary/aromatic N) is 3. The molecule has 222 valence electrons. The number of nitrogens with two attached hydrogens (primary N) is 2. The number of pyridine rings is 1. The van der Waals surface area contributed by atoms with Gasteiger partial charge in [-0.3, -0.25) is 9.32 Å². The number of thiophene rings is 1. The number of benzene rings is 3. The van der Waals surface area contributed by atoms with Gasteiger partial charge in [0.15, 0.2) is 0 Å². The maximum atomic E-state index is 13.9. The lowest BCUT2D eigenvalue weighted by Gasteiger charge is -2.10. The average molecular weight is 621 g/mol. The van der Waals surface area contributed by atoms with Crippen LogP contribution in [-0.4, -0.2) is 34.6 Å². The zero-order chi connectivity index (χ0) is 31.2. The minimum atomic E-state index is -4.88. The van der Waals surface area contributed by atoms with E-state index in [2.05, 4.69) is 10.0 Å². The number of hydrogen-bond acceptors (Lipinski definition) is 10. The number of anilines is 2. The molecular weight excluding hydrogens is 599 g/mol. The summed E-state index contributed by atoms with van der Waals surface area (Å²) >= 11 is 1.00. The van der Waals surface area contributed by atoms with Crippen LogP contribution in [0.2, 0.25) is 0 Å². The zero-order valence-electron chi connectivity index (χ0n) is 22.6. The molecule has 0 unspecified atom stereocenters. The fourth-order valence-electron chi connectivity index (χ4n) is 4.63. The molecule has 6 aromatic rings. The number of carbonyl (C=O) groups is 1. The number of alkyl halides is 3. The Kier molecular flexibility index (Phi) is 7.05. The number of methoxy groups -OCH3 is 1. The van der Waals surface area contributed by atoms with Crippen LogP contribution >= 0.6 is 11.3 Å². The van der Waals surface area contributed by atoms with Gasteiger partial charge < -0.3 is 26.0 Å². The molecule has 0 spiro atoms. The van der Waals surface area contributed by atoms with E-state index in [1.165, 1.54) is 12.1 Å². The van der Waals surface area contributed by atoms with Crippen LogP contribution in [0.15, 0.2) is 83.4 Å². The molecule has 5 N–H and O–H groups in total. The van der Waals surface area contributed by atoms with Gasteiger partial charge in [0.25, 0.3) is 5.78 Å². The van der Waals surface area contributed by atoms with Crippen LogP contribution < -0.4 is 25.6 Å². The Hall–Kier alpha value is -5.63. The molecule has 3 aromatic heterocycles. The number of hydrogen-bond donors (Lipinski definition) is 3. The monoisotopic (exact) mass is 620 g/mol. The molecule has 6 rings (SSSR count). The zero-order valence-corrected chi connectivity index (χ0v) is 23.4. The van der Waals surface area contributed by atoms with Gasteiger partial charge in [0, 0.05) is 33.5 Å². The van der Waals surface area contributed by atoms with E-state index in [1.54, 1.807) is 25.3 Å². The minimum absolute atomic E-state index is 0.0374. The summed E-state index contributed by atoms with van der Waals surface area (Å²) in [6.45, 7) is 0. The van der Waals surface area contributed by atoms with Gasteiger partial charge in [0.2, 0.25) is 11.0 Å². The number of ketones is 1. The van der Waals surface area contributed by atoms with Gasteiger partial charge >= 0.3 is 18.0 Å². The van der Waals surface area contributed by atoms with Crippen LogP contribution in [0.4, 0.5) is 24.5 Å². The van der Waals surface area contributed by atoms with E-state index >= 15 is 0 Å². The van der Waals surface area contributed by atoms with Crippen molar-refractivity contribution in [2.75, 3.05) is 18.6 Å². The highest BCUT2D eigenvalue weighted by Crippen LogP contribution is 2.43. The Bertz CT molecular complexity index is 2020. The summed E-state index contributed by atoms with van der Waals surface area (Å²) in [7, 11) is 1.55. The van der Waals surface area contributed by atoms with Crippen LogP contribution in [0.25, 0.3) is 38.3 Å². The fraction of sp³-hybridized carbons (Fsp3) is 0.0667. The lowest BCUT2D eigenvalue weighted by Crippen LogP contribution is -2.38. The van der Waals surface area contributed by atoms with E-state index in [-0.39, 0.29) is 16.3 Å². The largest absolute Gasteiger partial charge is 0.573 e. The molecule has 3 aromatic carbocycles. The average Bonchev–Trinajstić information content (AvgIpc) is 3.56. The molecule has 0 aliphatic heterocycles. The number of fused-ring (bicyclic) bond motifs is 1. The van der Waals surface area contributed by atoms with Crippen molar-refractivity contribution >= 4 is 38.7 Å². The van der Waals surface area contributed by atoms with E-state index in [1.807, 2.05) is 36.4 Å². The predicted octanol–water partition coefficient (Wildman–Crippen LogP) is 5.90. The summed E-state index contributed by atoms with van der Waals surface area (Å²) in [6, 6.07) is 20.8. The number of carbonyl (C=O) groups excluding carboxylic acids is 1. The summed E-state index contributed by atoms with van der Waals surface area (Å²) in [5.41, 5.74) is 15.7. The van der Waals surface area contributed by atoms with Crippen molar-refractivity contribution in [1.29, 1.82) is 0 Å². The summed E-state index contributed by atoms with van der Waals surface area (Å²) in [5.74, 6) is -1.44. The summed E-state index contributed by atoms with van der Waals surface area (Å²) < 4.78 is 53.0. The first kappa shape index (κ1) is 28.5. The number of aromatic nitrogens is 3. The van der Waals surface area contributed by atoms with E-state index in [0.717, 1.165) is 39.3 Å². The fourth-order valence-corrected chi connectivity index (χ4v) is 5.69. The molecule has 3 heterocycles. The third-order valence-electron chi connectivity index (χ3n) is 6.65. The molecule has 0 aliphatic carbocycles. The van der Waals surface area contributed by atoms with Crippen LogP contribution in [-0.2, 0) is 0 Å². The molecule has 0 aliphatic rings. The molecule has 10 nitrogen and oxygen atoms in total. The SMILES string of the molecule is COc1cccc(-c2cc(-c3ccc(N)cc3)nc3sc(C(=O)c4c(O)on[n+]4-c4ccc(OC(F)(F)F)cc4)c(N)c23)c1. The standard InChI is InChI=1S/C30H20F3N5O5S/c1-41-20-4-2-3-16(13-20)21-14-22(15-5-7-17(34)8-6-15)36-28-23(21)24(35)27(44-28)26(39)25-29(40)43-37-38(25)18-9-11-19(12-10-18)42-30(31,32)33/h2-14H,1H3,(H4-,34,35,36,37,39,40)/p+1. The van der Waals surface area contributed by atoms with Gasteiger partial charge in [0.05, 0.1) is 18.5 Å². The van der Waals surface area contributed by atoms with Crippen molar-refractivity contribution in [3.63, 3.8) is 0 Å². The molecule has 14 heteroatoms. The van der Waals surface area contributed by atoms with E-state index < -0.39 is 29.5 Å². The highest BCUT2D eigenvalue weighted by molar-refractivity contribution is 7.21. The van der Waals surface area contributed by atoms with Gasteiger partial charge in [-0.15, -0.1) is 24.5 Å². The first-order chi connectivity index (χ1) is 21.0. The van der Waals surface area contributed by atoms with E-state index in [0.29, 0.717) is 32.9 Å². The summed E-state index contributed by atoms with van der Waals surface area (Å²) in [4.78, 5) is 19.2. The number of ether oxygens (including phenoxy) is 2. The summed E-state index contributed by atoms with van der Waals surface area (Å²) in [6.07, 6.45) is -4.88. The van der Waals surface area contributed by atoms with E-state index in [9.17, 15) is 23.1 Å². The lowest BCUT2D eigenvalue weighted by molar-refractivity contribution is -0.672. The molecule has 44 heavy (non-hydrogen) atoms. The van der Waals surface area contributed by atoms with Crippen LogP contribution in [0, 0.1) is 0 Å². The van der Waals surface area contributed by atoms with Crippen molar-refractivity contribution in [1.82, 2.24) is 10.3 Å². The number of aromatic hydroxyl groups is 1. The second-order valence-electron chi connectivity index (χ2n) is 9.44. The van der Waals surface area contributed by atoms with Crippen molar-refractivity contribution in [3.05, 3.63) is 89.4 Å². The molecule has 0 radical (unpaired) electrons. The smallest absolute Gasteiger partial charge is 0.497 e. The Morgan fingerprint density at radius 2 is 1.70 bits per heavy atom. The number of halogens is 3. The van der Waals surface area contributed by atoms with Gasteiger partial charge in [-0.1, -0.05) is 24.3 Å². The van der Waals surface area contributed by atoms with Crippen LogP contribution in [0.3, 0.4) is 0 Å². The Balaban J connectivity index is 1.49. The molecule has 0 saturated heterocycles. The van der Waals surface area contributed by atoms with Crippen molar-refractivity contribution in [3.8, 4) is 45.5 Å². The Morgan fingerprint density at radius 1 is 0.977 bits per heavy atom. The molecule has 0 amide bonds. The van der Waals surface area contributed by atoms with Crippen LogP contribution in [0.5, 0.6) is 17.4 Å². The molecule has 0 fully saturated rings. The lowest BCUT2D eigenvalue weighted by atomic mass is 9.99. The molecule has 0 atom stereocenters. The third kappa shape index (κ3) is 5.33. The second-order valence-corrected chi connectivity index (χ2v) is 10.4. The van der Waals surface area contributed by atoms with Gasteiger partial charge in [-0.2, -0.15) is 0 Å². The Labute approximate surface area is 250 Å². The Morgan fingerprint density at radius 3 is 2.39 bits per heavy atom.